The van der Waals surface area contributed by atoms with Crippen LogP contribution in [-0.2, 0) is 0 Å². The van der Waals surface area contributed by atoms with Crippen molar-refractivity contribution in [3.8, 4) is 0 Å². The lowest BCUT2D eigenvalue weighted by atomic mass is 10.1. The Hall–Kier alpha value is -0.0200. The van der Waals surface area contributed by atoms with Gasteiger partial charge in [0.2, 0.25) is 0 Å². The van der Waals surface area contributed by atoms with E-state index in [1.165, 1.54) is 42.0 Å². The van der Waals surface area contributed by atoms with E-state index in [2.05, 4.69) is 33.9 Å². The third kappa shape index (κ3) is 3.22. The van der Waals surface area contributed by atoms with Gasteiger partial charge in [-0.1, -0.05) is 12.8 Å². The van der Waals surface area contributed by atoms with Gasteiger partial charge < -0.3 is 0 Å². The molecule has 3 heteroatoms. The van der Waals surface area contributed by atoms with E-state index >= 15 is 0 Å². The zero-order valence-corrected chi connectivity index (χ0v) is 11.4. The van der Waals surface area contributed by atoms with Crippen molar-refractivity contribution in [3.05, 3.63) is 22.3 Å². The van der Waals surface area contributed by atoms with Gasteiger partial charge in [0.25, 0.3) is 0 Å². The number of thioether (sulfide) groups is 1. The molecule has 0 amide bonds. The largest absolute Gasteiger partial charge is 0.248 e. The number of hydrogen-bond acceptors (Lipinski definition) is 2. The van der Waals surface area contributed by atoms with E-state index in [1.54, 1.807) is 0 Å². The fourth-order valence-electron chi connectivity index (χ4n) is 2.05. The molecule has 0 radical (unpaired) electrons. The Balaban J connectivity index is 1.92. The monoisotopic (exact) mass is 285 g/mol. The number of rotatable bonds is 3. The topological polar surface area (TPSA) is 12.9 Å². The summed E-state index contributed by atoms with van der Waals surface area (Å²) in [6, 6.07) is 2.14. The van der Waals surface area contributed by atoms with Gasteiger partial charge in [-0.05, 0) is 53.2 Å². The first kappa shape index (κ1) is 11.5. The normalized spacial score (nSPS) is 17.2. The van der Waals surface area contributed by atoms with Crippen molar-refractivity contribution in [1.82, 2.24) is 4.98 Å². The Bertz CT molecular complexity index is 334. The molecule has 1 aromatic heterocycles. The fourth-order valence-corrected chi connectivity index (χ4v) is 3.64. The first-order valence-electron chi connectivity index (χ1n) is 5.50. The van der Waals surface area contributed by atoms with Crippen LogP contribution >= 0.6 is 27.7 Å². The second-order valence-electron chi connectivity index (χ2n) is 4.24. The number of nitrogens with zero attached hydrogens (tertiary/aromatic N) is 1. The van der Waals surface area contributed by atoms with Crippen LogP contribution in [0.25, 0.3) is 0 Å². The van der Waals surface area contributed by atoms with Crippen LogP contribution in [0.15, 0.2) is 21.8 Å². The lowest BCUT2D eigenvalue weighted by Gasteiger charge is -2.09. The Morgan fingerprint density at radius 1 is 1.47 bits per heavy atom. The molecule has 1 aromatic rings. The third-order valence-electron chi connectivity index (χ3n) is 2.93. The van der Waals surface area contributed by atoms with Crippen LogP contribution in [0, 0.1) is 12.8 Å². The summed E-state index contributed by atoms with van der Waals surface area (Å²) in [6.45, 7) is 2.13. The molecule has 1 heterocycles. The van der Waals surface area contributed by atoms with Crippen molar-refractivity contribution in [1.29, 1.82) is 0 Å². The maximum Gasteiger partial charge on any atom is 0.0989 e. The van der Waals surface area contributed by atoms with E-state index in [9.17, 15) is 0 Å². The Morgan fingerprint density at radius 3 is 2.87 bits per heavy atom. The molecule has 0 unspecified atom stereocenters. The van der Waals surface area contributed by atoms with Gasteiger partial charge in [0.1, 0.15) is 0 Å². The van der Waals surface area contributed by atoms with Crippen molar-refractivity contribution >= 4 is 27.7 Å². The molecule has 1 fully saturated rings. The summed E-state index contributed by atoms with van der Waals surface area (Å²) >= 11 is 5.36. The molecule has 0 N–H and O–H groups in total. The fraction of sp³-hybridized carbons (Fsp3) is 0.583. The van der Waals surface area contributed by atoms with Crippen molar-refractivity contribution in [2.24, 2.45) is 5.92 Å². The summed E-state index contributed by atoms with van der Waals surface area (Å²) < 4.78 is 1.07. The third-order valence-corrected chi connectivity index (χ3v) is 4.70. The molecule has 2 rings (SSSR count). The molecule has 0 saturated heterocycles. The smallest absolute Gasteiger partial charge is 0.0989 e. The van der Waals surface area contributed by atoms with Gasteiger partial charge in [-0.3, -0.25) is 0 Å². The average molecular weight is 286 g/mol. The van der Waals surface area contributed by atoms with Gasteiger partial charge in [-0.2, -0.15) is 0 Å². The molecule has 0 spiro atoms. The second kappa shape index (κ2) is 5.35. The predicted octanol–water partition coefficient (Wildman–Crippen LogP) is 4.43. The van der Waals surface area contributed by atoms with E-state index in [1.807, 2.05) is 18.0 Å². The Kier molecular flexibility index (Phi) is 4.09. The van der Waals surface area contributed by atoms with E-state index in [-0.39, 0.29) is 0 Å². The molecule has 1 saturated carbocycles. The number of aryl methyl sites for hydroxylation is 1. The highest BCUT2D eigenvalue weighted by atomic mass is 79.9. The minimum absolute atomic E-state index is 0.930. The Labute approximate surface area is 104 Å². The molecule has 82 valence electrons. The van der Waals surface area contributed by atoms with Crippen LogP contribution in [0.4, 0.5) is 0 Å². The molecule has 15 heavy (non-hydrogen) atoms. The molecule has 0 aromatic carbocycles. The van der Waals surface area contributed by atoms with Crippen LogP contribution in [-0.4, -0.2) is 10.7 Å². The van der Waals surface area contributed by atoms with E-state index in [0.717, 1.165) is 10.4 Å². The van der Waals surface area contributed by atoms with Gasteiger partial charge in [-0.25, -0.2) is 4.98 Å². The summed E-state index contributed by atoms with van der Waals surface area (Å²) in [5.74, 6) is 2.18. The summed E-state index contributed by atoms with van der Waals surface area (Å²) in [5, 5.41) is 1.20. The van der Waals surface area contributed by atoms with Gasteiger partial charge >= 0.3 is 0 Å². The highest BCUT2D eigenvalue weighted by molar-refractivity contribution is 9.10. The van der Waals surface area contributed by atoms with Crippen molar-refractivity contribution in [3.63, 3.8) is 0 Å². The molecule has 1 nitrogen and oxygen atoms in total. The average Bonchev–Trinajstić information content (AvgIpc) is 2.69. The van der Waals surface area contributed by atoms with Crippen LogP contribution in [0.3, 0.4) is 0 Å². The minimum atomic E-state index is 0.930. The first-order valence-corrected chi connectivity index (χ1v) is 7.28. The van der Waals surface area contributed by atoms with E-state index < -0.39 is 0 Å². The van der Waals surface area contributed by atoms with Crippen molar-refractivity contribution in [2.45, 2.75) is 37.6 Å². The molecule has 1 aliphatic carbocycles. The van der Waals surface area contributed by atoms with Gasteiger partial charge in [0.15, 0.2) is 0 Å². The number of aromatic nitrogens is 1. The quantitative estimate of drug-likeness (QED) is 0.762. The summed E-state index contributed by atoms with van der Waals surface area (Å²) in [7, 11) is 0. The number of halogens is 1. The maximum absolute atomic E-state index is 4.45. The molecule has 0 bridgehead atoms. The van der Waals surface area contributed by atoms with Crippen LogP contribution in [0.2, 0.25) is 0 Å². The van der Waals surface area contributed by atoms with E-state index in [4.69, 9.17) is 0 Å². The predicted molar refractivity (Wildman–Crippen MR) is 69.4 cm³/mol. The highest BCUT2D eigenvalue weighted by Gasteiger charge is 2.15. The number of hydrogen-bond donors (Lipinski definition) is 0. The van der Waals surface area contributed by atoms with Gasteiger partial charge in [0, 0.05) is 16.4 Å². The standard InChI is InChI=1S/C12H16BrNS/c1-9-6-11(13)7-14-12(9)15-8-10-4-2-3-5-10/h6-7,10H,2-5,8H2,1H3. The van der Waals surface area contributed by atoms with E-state index in [0.29, 0.717) is 0 Å². The summed E-state index contributed by atoms with van der Waals surface area (Å²) in [6.07, 6.45) is 7.59. The van der Waals surface area contributed by atoms with Gasteiger partial charge in [0.05, 0.1) is 5.03 Å². The van der Waals surface area contributed by atoms with Crippen molar-refractivity contribution in [2.75, 3.05) is 5.75 Å². The van der Waals surface area contributed by atoms with Gasteiger partial charge in [-0.15, -0.1) is 11.8 Å². The van der Waals surface area contributed by atoms with Crippen LogP contribution in [0.5, 0.6) is 0 Å². The lowest BCUT2D eigenvalue weighted by molar-refractivity contribution is 0.622. The molecular formula is C12H16BrNS. The zero-order valence-electron chi connectivity index (χ0n) is 9.00. The van der Waals surface area contributed by atoms with Crippen LogP contribution in [0.1, 0.15) is 31.2 Å². The SMILES string of the molecule is Cc1cc(Br)cnc1SCC1CCCC1. The second-order valence-corrected chi connectivity index (χ2v) is 6.16. The molecular weight excluding hydrogens is 270 g/mol. The maximum atomic E-state index is 4.45. The zero-order chi connectivity index (χ0) is 10.7. The molecule has 0 atom stereocenters. The van der Waals surface area contributed by atoms with Crippen LogP contribution < -0.4 is 0 Å². The Morgan fingerprint density at radius 2 is 2.20 bits per heavy atom. The summed E-state index contributed by atoms with van der Waals surface area (Å²) in [4.78, 5) is 4.45. The first-order chi connectivity index (χ1) is 7.25. The highest BCUT2D eigenvalue weighted by Crippen LogP contribution is 2.31. The molecule has 0 aliphatic heterocycles. The van der Waals surface area contributed by atoms with Crippen molar-refractivity contribution < 1.29 is 0 Å². The lowest BCUT2D eigenvalue weighted by Crippen LogP contribution is -1.97. The molecule has 1 aliphatic rings. The minimum Gasteiger partial charge on any atom is -0.248 e. The summed E-state index contributed by atoms with van der Waals surface area (Å²) in [5.41, 5.74) is 1.28. The number of pyridine rings is 1.